The van der Waals surface area contributed by atoms with Crippen molar-refractivity contribution >= 4 is 22.4 Å². The van der Waals surface area contributed by atoms with Crippen molar-refractivity contribution in [1.82, 2.24) is 4.37 Å². The maximum atomic E-state index is 6.10. The molecule has 4 heteroatoms. The second-order valence-electron chi connectivity index (χ2n) is 7.11. The highest BCUT2D eigenvalue weighted by Gasteiger charge is 2.38. The number of rotatable bonds is 2. The van der Waals surface area contributed by atoms with Crippen LogP contribution in [0.25, 0.3) is 0 Å². The molecular formula is C16H25N3S. The van der Waals surface area contributed by atoms with Gasteiger partial charge < -0.3 is 10.6 Å². The molecule has 0 amide bonds. The van der Waals surface area contributed by atoms with Gasteiger partial charge in [0.05, 0.1) is 0 Å². The van der Waals surface area contributed by atoms with Gasteiger partial charge in [-0.3, -0.25) is 0 Å². The zero-order valence-electron chi connectivity index (χ0n) is 12.2. The van der Waals surface area contributed by atoms with Gasteiger partial charge in [-0.05, 0) is 61.4 Å². The fourth-order valence-electron chi connectivity index (χ4n) is 4.27. The third-order valence-electron chi connectivity index (χ3n) is 5.75. The summed E-state index contributed by atoms with van der Waals surface area (Å²) in [4.78, 5) is 2.58. The molecule has 1 aromatic rings. The zero-order valence-corrected chi connectivity index (χ0v) is 13.1. The van der Waals surface area contributed by atoms with Gasteiger partial charge in [-0.1, -0.05) is 19.3 Å². The lowest BCUT2D eigenvalue weighted by Gasteiger charge is -2.44. The van der Waals surface area contributed by atoms with Crippen molar-refractivity contribution in [3.05, 3.63) is 5.56 Å². The van der Waals surface area contributed by atoms with Crippen molar-refractivity contribution < 1.29 is 0 Å². The molecule has 20 heavy (non-hydrogen) atoms. The lowest BCUT2D eigenvalue weighted by molar-refractivity contribution is 0.144. The normalized spacial score (nSPS) is 26.1. The highest BCUT2D eigenvalue weighted by molar-refractivity contribution is 7.10. The van der Waals surface area contributed by atoms with Gasteiger partial charge in [-0.25, -0.2) is 0 Å². The molecule has 1 saturated heterocycles. The average molecular weight is 291 g/mol. The van der Waals surface area contributed by atoms with Crippen LogP contribution in [0.2, 0.25) is 0 Å². The highest BCUT2D eigenvalue weighted by atomic mass is 32.1. The third kappa shape index (κ3) is 2.22. The van der Waals surface area contributed by atoms with Crippen LogP contribution in [-0.4, -0.2) is 17.5 Å². The van der Waals surface area contributed by atoms with Gasteiger partial charge in [0, 0.05) is 18.7 Å². The number of nitrogens with two attached hydrogens (primary N) is 1. The molecule has 0 radical (unpaired) electrons. The van der Waals surface area contributed by atoms with Crippen molar-refractivity contribution in [2.45, 2.75) is 63.7 Å². The van der Waals surface area contributed by atoms with E-state index in [1.807, 2.05) is 0 Å². The quantitative estimate of drug-likeness (QED) is 0.890. The summed E-state index contributed by atoms with van der Waals surface area (Å²) >= 11 is 1.64. The van der Waals surface area contributed by atoms with Crippen LogP contribution in [0, 0.1) is 5.41 Å². The maximum absolute atomic E-state index is 6.10. The first-order valence-electron chi connectivity index (χ1n) is 8.27. The minimum atomic E-state index is 0.685. The van der Waals surface area contributed by atoms with Crippen molar-refractivity contribution in [2.75, 3.05) is 23.7 Å². The molecular weight excluding hydrogens is 266 g/mol. The van der Waals surface area contributed by atoms with Gasteiger partial charge in [-0.15, -0.1) is 0 Å². The third-order valence-corrected chi connectivity index (χ3v) is 6.69. The summed E-state index contributed by atoms with van der Waals surface area (Å²) < 4.78 is 4.43. The topological polar surface area (TPSA) is 42.1 Å². The monoisotopic (exact) mass is 291 g/mol. The molecule has 1 aliphatic heterocycles. The molecule has 3 nitrogen and oxygen atoms in total. The molecule has 3 aliphatic rings. The molecule has 2 N–H and O–H groups in total. The smallest absolute Gasteiger partial charge is 0.142 e. The molecule has 2 saturated carbocycles. The van der Waals surface area contributed by atoms with Crippen molar-refractivity contribution in [3.63, 3.8) is 0 Å². The number of hydrogen-bond acceptors (Lipinski definition) is 4. The summed E-state index contributed by atoms with van der Waals surface area (Å²) in [5.41, 5.74) is 8.17. The summed E-state index contributed by atoms with van der Waals surface area (Å²) in [7, 11) is 0. The summed E-state index contributed by atoms with van der Waals surface area (Å²) in [6, 6.07) is 0. The second kappa shape index (κ2) is 4.90. The standard InChI is InChI=1S/C16H25N3S/c17-14-13(12-4-5-12)15(20-18-14)19-10-8-16(9-11-19)6-2-1-3-7-16/h12H,1-11H2,(H2,17,18). The van der Waals surface area contributed by atoms with Crippen LogP contribution < -0.4 is 10.6 Å². The van der Waals surface area contributed by atoms with Crippen molar-refractivity contribution in [1.29, 1.82) is 0 Å². The van der Waals surface area contributed by atoms with Crippen LogP contribution in [0.1, 0.15) is 69.3 Å². The second-order valence-corrected chi connectivity index (χ2v) is 7.86. The van der Waals surface area contributed by atoms with Crippen molar-refractivity contribution in [3.8, 4) is 0 Å². The number of anilines is 2. The Bertz CT molecular complexity index is 476. The number of nitrogen functional groups attached to an aromatic ring is 1. The Kier molecular flexibility index (Phi) is 3.17. The molecule has 0 atom stereocenters. The van der Waals surface area contributed by atoms with Gasteiger partial charge in [0.25, 0.3) is 0 Å². The minimum absolute atomic E-state index is 0.685. The van der Waals surface area contributed by atoms with E-state index < -0.39 is 0 Å². The van der Waals surface area contributed by atoms with E-state index in [0.717, 1.165) is 5.82 Å². The molecule has 110 valence electrons. The fraction of sp³-hybridized carbons (Fsp3) is 0.812. The van der Waals surface area contributed by atoms with Crippen LogP contribution in [-0.2, 0) is 0 Å². The molecule has 3 fully saturated rings. The van der Waals surface area contributed by atoms with E-state index in [9.17, 15) is 0 Å². The summed E-state index contributed by atoms with van der Waals surface area (Å²) in [6.45, 7) is 2.45. The molecule has 0 unspecified atom stereocenters. The molecule has 0 aromatic carbocycles. The Balaban J connectivity index is 1.49. The van der Waals surface area contributed by atoms with E-state index in [1.54, 1.807) is 11.5 Å². The van der Waals surface area contributed by atoms with Crippen LogP contribution in [0.5, 0.6) is 0 Å². The number of nitrogens with zero attached hydrogens (tertiary/aromatic N) is 2. The Hall–Kier alpha value is -0.770. The number of aromatic nitrogens is 1. The zero-order chi connectivity index (χ0) is 13.6. The Morgan fingerprint density at radius 1 is 1.05 bits per heavy atom. The molecule has 1 aromatic heterocycles. The van der Waals surface area contributed by atoms with E-state index in [1.165, 1.54) is 81.4 Å². The highest BCUT2D eigenvalue weighted by Crippen LogP contribution is 2.51. The van der Waals surface area contributed by atoms with Gasteiger partial charge >= 0.3 is 0 Å². The first-order chi connectivity index (χ1) is 9.77. The Morgan fingerprint density at radius 2 is 1.75 bits per heavy atom. The van der Waals surface area contributed by atoms with Gasteiger partial charge in [-0.2, -0.15) is 4.37 Å². The van der Waals surface area contributed by atoms with Gasteiger partial charge in [0.15, 0.2) is 0 Å². The van der Waals surface area contributed by atoms with Gasteiger partial charge in [0.1, 0.15) is 10.8 Å². The molecule has 2 heterocycles. The minimum Gasteiger partial charge on any atom is -0.383 e. The van der Waals surface area contributed by atoms with Crippen LogP contribution in [0.15, 0.2) is 0 Å². The molecule has 0 bridgehead atoms. The lowest BCUT2D eigenvalue weighted by atomic mass is 9.68. The Morgan fingerprint density at radius 3 is 2.40 bits per heavy atom. The van der Waals surface area contributed by atoms with E-state index in [0.29, 0.717) is 11.3 Å². The van der Waals surface area contributed by atoms with Crippen molar-refractivity contribution in [2.24, 2.45) is 5.41 Å². The first kappa shape index (κ1) is 12.9. The lowest BCUT2D eigenvalue weighted by Crippen LogP contribution is -2.41. The summed E-state index contributed by atoms with van der Waals surface area (Å²) in [6.07, 6.45) is 12.7. The fourth-order valence-corrected chi connectivity index (χ4v) is 5.22. The van der Waals surface area contributed by atoms with Crippen LogP contribution in [0.4, 0.5) is 10.8 Å². The van der Waals surface area contributed by atoms with Crippen LogP contribution >= 0.6 is 11.5 Å². The predicted molar refractivity (Wildman–Crippen MR) is 85.5 cm³/mol. The summed E-state index contributed by atoms with van der Waals surface area (Å²) in [5, 5.41) is 1.40. The van der Waals surface area contributed by atoms with E-state index >= 15 is 0 Å². The first-order valence-corrected chi connectivity index (χ1v) is 9.05. The largest absolute Gasteiger partial charge is 0.383 e. The molecule has 2 aliphatic carbocycles. The Labute approximate surface area is 125 Å². The predicted octanol–water partition coefficient (Wildman–Crippen LogP) is 4.15. The summed E-state index contributed by atoms with van der Waals surface area (Å²) in [5.74, 6) is 1.53. The van der Waals surface area contributed by atoms with E-state index in [-0.39, 0.29) is 0 Å². The van der Waals surface area contributed by atoms with E-state index in [2.05, 4.69) is 9.27 Å². The molecule has 1 spiro atoms. The van der Waals surface area contributed by atoms with Crippen LogP contribution in [0.3, 0.4) is 0 Å². The maximum Gasteiger partial charge on any atom is 0.142 e. The van der Waals surface area contributed by atoms with Gasteiger partial charge in [0.2, 0.25) is 0 Å². The number of piperidine rings is 1. The average Bonchev–Trinajstić information content (AvgIpc) is 3.24. The SMILES string of the molecule is Nc1nsc(N2CCC3(CCCCC3)CC2)c1C1CC1. The van der Waals surface area contributed by atoms with E-state index in [4.69, 9.17) is 5.73 Å². The number of hydrogen-bond donors (Lipinski definition) is 1. The molecule has 4 rings (SSSR count).